The predicted molar refractivity (Wildman–Crippen MR) is 127 cm³/mol. The van der Waals surface area contributed by atoms with Crippen LogP contribution in [0.2, 0.25) is 0 Å². The number of fused-ring (bicyclic) bond motifs is 1. The van der Waals surface area contributed by atoms with E-state index in [9.17, 15) is 24.3 Å². The van der Waals surface area contributed by atoms with Gasteiger partial charge in [-0.1, -0.05) is 36.8 Å². The lowest BCUT2D eigenvalue weighted by Crippen LogP contribution is -2.55. The standard InChI is InChI=1S/C26H34N2O8/c1-15(23(29)28-20-10-6-9-18(20)13-21(28)24(30)31)27-19(12-11-17-7-4-3-5-8-17)25(32)34-14-22-16(2)35-26(33)36-22/h3-5,7-8,15-16,18-22,27H,6,9-14H2,1-2H3,(H,30,31)/t15-,16?,18-,19-,20-,21-,22?/m0/s1. The summed E-state index contributed by atoms with van der Waals surface area (Å²) in [5.74, 6) is -1.68. The minimum atomic E-state index is -0.993. The second-order valence-corrected chi connectivity index (χ2v) is 9.92. The van der Waals surface area contributed by atoms with Crippen molar-refractivity contribution in [3.05, 3.63) is 35.9 Å². The molecular weight excluding hydrogens is 468 g/mol. The van der Waals surface area contributed by atoms with Crippen molar-refractivity contribution >= 4 is 24.0 Å². The molecule has 1 aromatic carbocycles. The Morgan fingerprint density at radius 3 is 2.61 bits per heavy atom. The van der Waals surface area contributed by atoms with Crippen molar-refractivity contribution in [1.29, 1.82) is 0 Å². The first kappa shape index (κ1) is 25.9. The first-order valence-electron chi connectivity index (χ1n) is 12.6. The molecule has 0 aromatic heterocycles. The first-order valence-corrected chi connectivity index (χ1v) is 12.6. The number of carboxylic acids is 1. The molecule has 0 bridgehead atoms. The van der Waals surface area contributed by atoms with Crippen LogP contribution in [0.4, 0.5) is 4.79 Å². The Kier molecular flexibility index (Phi) is 8.13. The molecule has 2 saturated heterocycles. The molecule has 10 heteroatoms. The van der Waals surface area contributed by atoms with Crippen LogP contribution in [-0.4, -0.2) is 77.0 Å². The van der Waals surface area contributed by atoms with Crippen LogP contribution in [0.5, 0.6) is 0 Å². The van der Waals surface area contributed by atoms with Crippen molar-refractivity contribution in [2.45, 2.75) is 88.7 Å². The minimum Gasteiger partial charge on any atom is -0.480 e. The zero-order chi connectivity index (χ0) is 25.8. The lowest BCUT2D eigenvalue weighted by molar-refractivity contribution is -0.152. The number of nitrogens with one attached hydrogen (secondary N) is 1. The van der Waals surface area contributed by atoms with Gasteiger partial charge in [0.1, 0.15) is 24.8 Å². The highest BCUT2D eigenvalue weighted by molar-refractivity contribution is 5.88. The van der Waals surface area contributed by atoms with Gasteiger partial charge in [0.25, 0.3) is 0 Å². The number of hydrogen-bond acceptors (Lipinski definition) is 8. The summed E-state index contributed by atoms with van der Waals surface area (Å²) in [7, 11) is 0. The van der Waals surface area contributed by atoms with Crippen molar-refractivity contribution in [2.24, 2.45) is 5.92 Å². The highest BCUT2D eigenvalue weighted by atomic mass is 16.8. The van der Waals surface area contributed by atoms with E-state index in [-0.39, 0.29) is 24.5 Å². The number of aryl methyl sites for hydroxylation is 1. The molecule has 1 aliphatic carbocycles. The van der Waals surface area contributed by atoms with E-state index in [1.54, 1.807) is 13.8 Å². The average molecular weight is 503 g/mol. The predicted octanol–water partition coefficient (Wildman–Crippen LogP) is 2.29. The van der Waals surface area contributed by atoms with Gasteiger partial charge < -0.3 is 24.2 Å². The summed E-state index contributed by atoms with van der Waals surface area (Å²) in [6, 6.07) is 7.12. The zero-order valence-corrected chi connectivity index (χ0v) is 20.6. The molecule has 2 N–H and O–H groups in total. The third-order valence-corrected chi connectivity index (χ3v) is 7.49. The molecule has 1 amide bonds. The lowest BCUT2D eigenvalue weighted by atomic mass is 10.0. The maximum Gasteiger partial charge on any atom is 0.509 e. The van der Waals surface area contributed by atoms with E-state index < -0.39 is 48.4 Å². The molecule has 10 nitrogen and oxygen atoms in total. The average Bonchev–Trinajstić information content (AvgIpc) is 3.54. The Morgan fingerprint density at radius 1 is 1.19 bits per heavy atom. The molecule has 3 aliphatic rings. The Hall–Kier alpha value is -3.14. The third-order valence-electron chi connectivity index (χ3n) is 7.49. The van der Waals surface area contributed by atoms with Crippen LogP contribution in [0.25, 0.3) is 0 Å². The number of hydrogen-bond donors (Lipinski definition) is 2. The number of carbonyl (C=O) groups excluding carboxylic acids is 3. The van der Waals surface area contributed by atoms with E-state index in [0.29, 0.717) is 19.3 Å². The molecule has 7 atom stereocenters. The van der Waals surface area contributed by atoms with Crippen molar-refractivity contribution < 1.29 is 38.5 Å². The van der Waals surface area contributed by atoms with Crippen LogP contribution in [0.3, 0.4) is 0 Å². The minimum absolute atomic E-state index is 0.0730. The summed E-state index contributed by atoms with van der Waals surface area (Å²) in [5, 5.41) is 12.8. The molecule has 2 heterocycles. The van der Waals surface area contributed by atoms with Gasteiger partial charge in [0.2, 0.25) is 5.91 Å². The third kappa shape index (κ3) is 5.80. The van der Waals surface area contributed by atoms with Crippen molar-refractivity contribution in [1.82, 2.24) is 10.2 Å². The number of esters is 1. The highest BCUT2D eigenvalue weighted by Gasteiger charge is 2.49. The summed E-state index contributed by atoms with van der Waals surface area (Å²) in [6.45, 7) is 3.15. The van der Waals surface area contributed by atoms with Gasteiger partial charge >= 0.3 is 18.1 Å². The van der Waals surface area contributed by atoms with Crippen LogP contribution in [0.1, 0.15) is 51.5 Å². The van der Waals surface area contributed by atoms with Crippen LogP contribution < -0.4 is 5.32 Å². The number of cyclic esters (lactones) is 2. The molecular formula is C26H34N2O8. The van der Waals surface area contributed by atoms with Crippen LogP contribution in [0, 0.1) is 5.92 Å². The topological polar surface area (TPSA) is 131 Å². The summed E-state index contributed by atoms with van der Waals surface area (Å²) in [6.07, 6.45) is 2.08. The number of nitrogens with zero attached hydrogens (tertiary/aromatic N) is 1. The van der Waals surface area contributed by atoms with Crippen LogP contribution in [-0.2, 0) is 35.0 Å². The van der Waals surface area contributed by atoms with E-state index in [0.717, 1.165) is 24.8 Å². The molecule has 0 spiro atoms. The number of rotatable bonds is 10. The van der Waals surface area contributed by atoms with Gasteiger partial charge in [-0.2, -0.15) is 0 Å². The SMILES string of the molecule is CC1OC(=O)OC1COC(=O)[C@H](CCc1ccccc1)N[C@@H](C)C(=O)N1[C@H](C(=O)O)C[C@@H]2CCC[C@@H]21. The summed E-state index contributed by atoms with van der Waals surface area (Å²) >= 11 is 0. The summed E-state index contributed by atoms with van der Waals surface area (Å²) in [4.78, 5) is 51.2. The van der Waals surface area contributed by atoms with Crippen LogP contribution in [0.15, 0.2) is 30.3 Å². The molecule has 36 heavy (non-hydrogen) atoms. The first-order chi connectivity index (χ1) is 17.2. The van der Waals surface area contributed by atoms with E-state index in [4.69, 9.17) is 14.2 Å². The fraction of sp³-hybridized carbons (Fsp3) is 0.615. The second-order valence-electron chi connectivity index (χ2n) is 9.92. The van der Waals surface area contributed by atoms with Crippen molar-refractivity contribution in [3.8, 4) is 0 Å². The quantitative estimate of drug-likeness (QED) is 0.463. The monoisotopic (exact) mass is 502 g/mol. The van der Waals surface area contributed by atoms with Gasteiger partial charge in [-0.15, -0.1) is 0 Å². The Morgan fingerprint density at radius 2 is 1.94 bits per heavy atom. The molecule has 0 radical (unpaired) electrons. The Bertz CT molecular complexity index is 970. The highest BCUT2D eigenvalue weighted by Crippen LogP contribution is 2.41. The maximum absolute atomic E-state index is 13.5. The number of carbonyl (C=O) groups is 4. The van der Waals surface area contributed by atoms with Gasteiger partial charge in [-0.25, -0.2) is 9.59 Å². The summed E-state index contributed by atoms with van der Waals surface area (Å²) in [5.41, 5.74) is 1.03. The Balaban J connectivity index is 1.43. The van der Waals surface area contributed by atoms with E-state index in [1.807, 2.05) is 30.3 Å². The normalized spacial score (nSPS) is 28.7. The molecule has 2 aliphatic heterocycles. The number of amides is 1. The largest absolute Gasteiger partial charge is 0.509 e. The number of aliphatic carboxylic acids is 1. The Labute approximate surface area is 210 Å². The second kappa shape index (κ2) is 11.3. The number of ether oxygens (including phenoxy) is 3. The van der Waals surface area contributed by atoms with Gasteiger partial charge in [0.05, 0.1) is 6.04 Å². The number of carboxylic acid groups (broad SMARTS) is 1. The van der Waals surface area contributed by atoms with Gasteiger partial charge in [0, 0.05) is 6.04 Å². The molecule has 2 unspecified atom stereocenters. The van der Waals surface area contributed by atoms with Crippen molar-refractivity contribution in [2.75, 3.05) is 6.61 Å². The molecule has 4 rings (SSSR count). The number of likely N-dealkylation sites (tertiary alicyclic amines) is 1. The number of benzene rings is 1. The smallest absolute Gasteiger partial charge is 0.480 e. The van der Waals surface area contributed by atoms with E-state index in [2.05, 4.69) is 5.32 Å². The molecule has 1 saturated carbocycles. The van der Waals surface area contributed by atoms with E-state index in [1.165, 1.54) is 4.90 Å². The van der Waals surface area contributed by atoms with Gasteiger partial charge in [0.15, 0.2) is 6.10 Å². The molecule has 3 fully saturated rings. The van der Waals surface area contributed by atoms with Gasteiger partial charge in [-0.05, 0) is 57.4 Å². The zero-order valence-electron chi connectivity index (χ0n) is 20.6. The summed E-state index contributed by atoms with van der Waals surface area (Å²) < 4.78 is 15.4. The van der Waals surface area contributed by atoms with E-state index >= 15 is 0 Å². The van der Waals surface area contributed by atoms with Crippen molar-refractivity contribution in [3.63, 3.8) is 0 Å². The lowest BCUT2D eigenvalue weighted by Gasteiger charge is -2.32. The van der Waals surface area contributed by atoms with Gasteiger partial charge in [-0.3, -0.25) is 14.9 Å². The fourth-order valence-corrected chi connectivity index (χ4v) is 5.56. The fourth-order valence-electron chi connectivity index (χ4n) is 5.56. The molecule has 1 aromatic rings. The van der Waals surface area contributed by atoms with Crippen LogP contribution >= 0.6 is 0 Å². The maximum atomic E-state index is 13.5. The molecule has 196 valence electrons.